The topological polar surface area (TPSA) is 71.2 Å². The van der Waals surface area contributed by atoms with Crippen molar-refractivity contribution in [1.82, 2.24) is 25.0 Å². The predicted molar refractivity (Wildman–Crippen MR) is 98.6 cm³/mol. The van der Waals surface area contributed by atoms with E-state index in [2.05, 4.69) is 36.0 Å². The first-order valence-corrected chi connectivity index (χ1v) is 8.91. The van der Waals surface area contributed by atoms with Crippen molar-refractivity contribution in [1.29, 1.82) is 0 Å². The Morgan fingerprint density at radius 3 is 2.88 bits per heavy atom. The molecule has 7 nitrogen and oxygen atoms in total. The first-order chi connectivity index (χ1) is 12.8. The molecule has 1 fully saturated rings. The van der Waals surface area contributed by atoms with Crippen molar-refractivity contribution in [3.63, 3.8) is 0 Å². The van der Waals surface area contributed by atoms with Crippen LogP contribution in [0.2, 0.25) is 0 Å². The summed E-state index contributed by atoms with van der Waals surface area (Å²) in [7, 11) is 0. The van der Waals surface area contributed by atoms with Gasteiger partial charge in [0.25, 0.3) is 5.89 Å². The molecule has 1 aliphatic heterocycles. The van der Waals surface area contributed by atoms with Crippen LogP contribution >= 0.6 is 0 Å². The number of pyridine rings is 2. The largest absolute Gasteiger partial charge is 0.355 e. The quantitative estimate of drug-likeness (QED) is 0.716. The van der Waals surface area contributed by atoms with Crippen LogP contribution in [0.1, 0.15) is 17.8 Å². The lowest BCUT2D eigenvalue weighted by Gasteiger charge is -2.23. The molecule has 0 saturated carbocycles. The summed E-state index contributed by atoms with van der Waals surface area (Å²) in [4.78, 5) is 17.9. The first kappa shape index (κ1) is 16.7. The van der Waals surface area contributed by atoms with E-state index in [1.54, 1.807) is 0 Å². The second-order valence-electron chi connectivity index (χ2n) is 6.53. The van der Waals surface area contributed by atoms with Crippen LogP contribution in [0, 0.1) is 6.92 Å². The van der Waals surface area contributed by atoms with Crippen molar-refractivity contribution < 1.29 is 4.52 Å². The van der Waals surface area contributed by atoms with E-state index in [-0.39, 0.29) is 0 Å². The zero-order valence-corrected chi connectivity index (χ0v) is 14.9. The zero-order valence-electron chi connectivity index (χ0n) is 14.9. The van der Waals surface area contributed by atoms with Crippen LogP contribution < -0.4 is 4.90 Å². The smallest absolute Gasteiger partial charge is 0.258 e. The van der Waals surface area contributed by atoms with E-state index in [1.807, 2.05) is 43.7 Å². The number of hydrogen-bond donors (Lipinski definition) is 0. The van der Waals surface area contributed by atoms with Gasteiger partial charge in [0.15, 0.2) is 5.82 Å². The summed E-state index contributed by atoms with van der Waals surface area (Å²) < 4.78 is 5.28. The maximum atomic E-state index is 5.28. The van der Waals surface area contributed by atoms with Crippen molar-refractivity contribution in [3.8, 4) is 11.5 Å². The van der Waals surface area contributed by atoms with Gasteiger partial charge in [0.1, 0.15) is 5.82 Å². The van der Waals surface area contributed by atoms with E-state index in [4.69, 9.17) is 4.52 Å². The molecule has 1 aliphatic rings. The summed E-state index contributed by atoms with van der Waals surface area (Å²) in [5, 5.41) is 3.87. The molecule has 0 bridgehead atoms. The molecule has 3 aromatic rings. The number of aromatic nitrogens is 4. The second kappa shape index (κ2) is 7.61. The van der Waals surface area contributed by atoms with Crippen LogP contribution in [0.4, 0.5) is 5.82 Å². The summed E-state index contributed by atoms with van der Waals surface area (Å²) in [6.45, 7) is 6.77. The number of anilines is 1. The highest BCUT2D eigenvalue weighted by atomic mass is 16.5. The molecule has 0 radical (unpaired) electrons. The normalized spacial score (nSPS) is 15.8. The summed E-state index contributed by atoms with van der Waals surface area (Å²) in [6.07, 6.45) is 6.67. The van der Waals surface area contributed by atoms with Gasteiger partial charge >= 0.3 is 0 Å². The average Bonchev–Trinajstić information content (AvgIpc) is 2.98. The monoisotopic (exact) mass is 350 g/mol. The Morgan fingerprint density at radius 2 is 2.08 bits per heavy atom. The Labute approximate surface area is 152 Å². The molecule has 0 amide bonds. The lowest BCUT2D eigenvalue weighted by Crippen LogP contribution is -2.31. The molecule has 26 heavy (non-hydrogen) atoms. The van der Waals surface area contributed by atoms with Crippen molar-refractivity contribution in [2.75, 3.05) is 31.1 Å². The third-order valence-corrected chi connectivity index (χ3v) is 4.56. The van der Waals surface area contributed by atoms with E-state index in [0.717, 1.165) is 50.5 Å². The molecule has 0 aliphatic carbocycles. The fourth-order valence-corrected chi connectivity index (χ4v) is 3.25. The molecule has 134 valence electrons. The van der Waals surface area contributed by atoms with Crippen molar-refractivity contribution in [3.05, 3.63) is 54.2 Å². The van der Waals surface area contributed by atoms with E-state index in [1.165, 1.54) is 5.56 Å². The minimum Gasteiger partial charge on any atom is -0.355 e. The zero-order chi connectivity index (χ0) is 17.8. The third kappa shape index (κ3) is 3.88. The molecule has 0 atom stereocenters. The van der Waals surface area contributed by atoms with Crippen LogP contribution in [0.3, 0.4) is 0 Å². The van der Waals surface area contributed by atoms with E-state index < -0.39 is 0 Å². The maximum Gasteiger partial charge on any atom is 0.258 e. The number of rotatable bonds is 4. The maximum absolute atomic E-state index is 5.28. The highest BCUT2D eigenvalue weighted by Crippen LogP contribution is 2.22. The van der Waals surface area contributed by atoms with E-state index in [9.17, 15) is 0 Å². The third-order valence-electron chi connectivity index (χ3n) is 4.56. The van der Waals surface area contributed by atoms with Gasteiger partial charge in [-0.2, -0.15) is 4.98 Å². The Hall–Kier alpha value is -2.80. The molecule has 3 aromatic heterocycles. The lowest BCUT2D eigenvalue weighted by atomic mass is 10.2. The van der Waals surface area contributed by atoms with Gasteiger partial charge in [0.2, 0.25) is 0 Å². The van der Waals surface area contributed by atoms with Crippen LogP contribution in [0.15, 0.2) is 47.4 Å². The van der Waals surface area contributed by atoms with Gasteiger partial charge in [0.05, 0.1) is 0 Å². The summed E-state index contributed by atoms with van der Waals surface area (Å²) >= 11 is 0. The highest BCUT2D eigenvalue weighted by molar-refractivity contribution is 5.58. The number of aryl methyl sites for hydroxylation is 1. The minimum atomic E-state index is 0.541. The van der Waals surface area contributed by atoms with Gasteiger partial charge in [-0.1, -0.05) is 11.2 Å². The molecule has 4 rings (SSSR count). The number of hydrogen-bond acceptors (Lipinski definition) is 7. The molecule has 0 aromatic carbocycles. The van der Waals surface area contributed by atoms with Crippen LogP contribution in [0.5, 0.6) is 0 Å². The van der Waals surface area contributed by atoms with Gasteiger partial charge < -0.3 is 9.42 Å². The average molecular weight is 350 g/mol. The van der Waals surface area contributed by atoms with Gasteiger partial charge in [0, 0.05) is 56.9 Å². The fourth-order valence-electron chi connectivity index (χ4n) is 3.25. The van der Waals surface area contributed by atoms with Gasteiger partial charge in [-0.15, -0.1) is 0 Å². The number of nitrogens with zero attached hydrogens (tertiary/aromatic N) is 6. The molecular formula is C19H22N6O. The fraction of sp³-hybridized carbons (Fsp3) is 0.368. The predicted octanol–water partition coefficient (Wildman–Crippen LogP) is 2.55. The van der Waals surface area contributed by atoms with Crippen molar-refractivity contribution >= 4 is 5.82 Å². The first-order valence-electron chi connectivity index (χ1n) is 8.91. The van der Waals surface area contributed by atoms with Crippen LogP contribution in [0.25, 0.3) is 11.5 Å². The minimum absolute atomic E-state index is 0.541. The Balaban J connectivity index is 1.44. The molecule has 0 N–H and O–H groups in total. The standard InChI is InChI=1S/C19H22N6O/c1-15-22-19(26-23-15)17-5-7-21-18(12-17)25-9-3-8-24(10-11-25)14-16-4-2-6-20-13-16/h2,4-7,12-13H,3,8-11,14H2,1H3. The van der Waals surface area contributed by atoms with Gasteiger partial charge in [-0.3, -0.25) is 9.88 Å². The SMILES string of the molecule is Cc1noc(-c2ccnc(N3CCCN(Cc4cccnc4)CC3)c2)n1. The molecule has 1 saturated heterocycles. The van der Waals surface area contributed by atoms with Gasteiger partial charge in [-0.25, -0.2) is 4.98 Å². The molecule has 4 heterocycles. The van der Waals surface area contributed by atoms with Crippen molar-refractivity contribution in [2.45, 2.75) is 19.9 Å². The van der Waals surface area contributed by atoms with Crippen LogP contribution in [-0.2, 0) is 6.54 Å². The van der Waals surface area contributed by atoms with Crippen LogP contribution in [-0.4, -0.2) is 51.2 Å². The molecule has 0 spiro atoms. The summed E-state index contributed by atoms with van der Waals surface area (Å²) in [6, 6.07) is 8.06. The summed E-state index contributed by atoms with van der Waals surface area (Å²) in [5.74, 6) is 2.14. The van der Waals surface area contributed by atoms with E-state index in [0.29, 0.717) is 11.7 Å². The highest BCUT2D eigenvalue weighted by Gasteiger charge is 2.17. The molecular weight excluding hydrogens is 328 g/mol. The Bertz CT molecular complexity index is 850. The lowest BCUT2D eigenvalue weighted by molar-refractivity contribution is 0.285. The second-order valence-corrected chi connectivity index (χ2v) is 6.53. The Kier molecular flexibility index (Phi) is 4.88. The van der Waals surface area contributed by atoms with Gasteiger partial charge in [-0.05, 0) is 37.1 Å². The molecule has 0 unspecified atom stereocenters. The van der Waals surface area contributed by atoms with E-state index >= 15 is 0 Å². The summed E-state index contributed by atoms with van der Waals surface area (Å²) in [5.41, 5.74) is 2.17. The van der Waals surface area contributed by atoms with Crippen molar-refractivity contribution in [2.24, 2.45) is 0 Å². The Morgan fingerprint density at radius 1 is 1.12 bits per heavy atom. The molecule has 7 heteroatoms.